The first-order valence-electron chi connectivity index (χ1n) is 38.5. The van der Waals surface area contributed by atoms with Gasteiger partial charge in [-0.05, 0) is 69.2 Å². The summed E-state index contributed by atoms with van der Waals surface area (Å²) in [5.74, 6) is -8.36. The second-order valence-corrected chi connectivity index (χ2v) is 26.8. The number of carbonyl (C=O) groups is 10. The largest absolute Gasteiger partial charge is 3.00 e. The van der Waals surface area contributed by atoms with Crippen LogP contribution in [-0.2, 0) is 87.5 Å². The predicted molar refractivity (Wildman–Crippen MR) is 404 cm³/mol. The van der Waals surface area contributed by atoms with Crippen molar-refractivity contribution < 1.29 is 164 Å². The number of piperazine rings is 1. The van der Waals surface area contributed by atoms with Gasteiger partial charge in [-0.15, -0.1) is 0 Å². The van der Waals surface area contributed by atoms with Crippen LogP contribution in [0.2, 0.25) is 0 Å². The van der Waals surface area contributed by atoms with E-state index < -0.39 is 84.9 Å². The van der Waals surface area contributed by atoms with Gasteiger partial charge in [0, 0.05) is 110 Å². The number of rotatable bonds is 64. The van der Waals surface area contributed by atoms with Crippen molar-refractivity contribution in [1.82, 2.24) is 55.4 Å². The zero-order valence-corrected chi connectivity index (χ0v) is 66.3. The molecule has 646 valence electrons. The molecule has 13 N–H and O–H groups in total. The van der Waals surface area contributed by atoms with Crippen molar-refractivity contribution in [2.24, 2.45) is 0 Å². The van der Waals surface area contributed by atoms with E-state index in [2.05, 4.69) is 36.4 Å². The number of anilines is 4. The number of hydrogen-bond acceptors (Lipinski definition) is 29. The summed E-state index contributed by atoms with van der Waals surface area (Å²) in [6.07, 6.45) is 8.60. The molecule has 3 heterocycles. The van der Waals surface area contributed by atoms with Crippen molar-refractivity contribution in [3.63, 3.8) is 0 Å². The Kier molecular flexibility index (Phi) is 55.0. The van der Waals surface area contributed by atoms with Crippen LogP contribution in [0.1, 0.15) is 102 Å². The first-order valence-corrected chi connectivity index (χ1v) is 38.5. The van der Waals surface area contributed by atoms with Crippen LogP contribution < -0.4 is 31.5 Å². The van der Waals surface area contributed by atoms with Gasteiger partial charge in [0.15, 0.2) is 0 Å². The fourth-order valence-corrected chi connectivity index (χ4v) is 11.9. The Balaban J connectivity index is 0.0000331. The molecule has 40 nitrogen and oxygen atoms in total. The second kappa shape index (κ2) is 62.2. The quantitative estimate of drug-likeness (QED) is 0.0412. The summed E-state index contributed by atoms with van der Waals surface area (Å²) >= 11 is 0. The van der Waals surface area contributed by atoms with Crippen LogP contribution in [0.4, 0.5) is 28.3 Å². The zero-order chi connectivity index (χ0) is 81.4. The molecule has 41 heteroatoms. The molecule has 2 aliphatic rings. The average molecular weight is 1770 g/mol. The van der Waals surface area contributed by atoms with E-state index in [0.29, 0.717) is 162 Å². The summed E-state index contributed by atoms with van der Waals surface area (Å²) in [6.45, 7) is 10.0. The third kappa shape index (κ3) is 50.7. The molecule has 3 atom stereocenters. The number of carboxylic acids is 8. The number of nitrogens with one attached hydrogen (secondary N) is 5. The molecular weight excluding hydrogens is 1650 g/mol. The maximum absolute atomic E-state index is 12.5. The standard InChI is InChI=1S/C72H120N14O26.Lu/c87-60(73-20-9-8-11-58(67(100)101)76-72(104)77-59(68(102)103)17-18-61(88)89)12-7-5-3-1-2-4-6-10-22-81-27-30-85(31-28-81)71-79-69(74-21-34-106-36-38-108-40-42-110-44-46-112-48-47-111-45-43-109-41-39-107-37-35-105-33-19-62(90)91)78-70(80-71)75-56-15-13-55(14-16-56)49-57-50-84(53-65(96)97)26-25-82(51-63(92)93)23-24-83(52-64(94)95)29-32-86(57)54-66(98)99;/h13-16,57-59H,1-12,17-54H2,(H,73,87)(H,88,89)(H,90,91)(H,92,93)(H,94,95)(H,96,97)(H,98,99)(H,100,101)(H,102,103)(H2,76,77,104)(H2,74,75,78,79,80);/q;+3/t57?,58-,59-;/m0./s1. The smallest absolute Gasteiger partial charge is 0.481 e. The topological polar surface area (TPSA) is 525 Å². The Morgan fingerprint density at radius 2 is 0.841 bits per heavy atom. The van der Waals surface area contributed by atoms with E-state index >= 15 is 0 Å². The fourth-order valence-electron chi connectivity index (χ4n) is 11.9. The molecule has 2 saturated heterocycles. The van der Waals surface area contributed by atoms with Crippen molar-refractivity contribution >= 4 is 83.2 Å². The summed E-state index contributed by atoms with van der Waals surface area (Å²) in [6, 6.07) is 2.99. The van der Waals surface area contributed by atoms with E-state index in [0.717, 1.165) is 76.6 Å². The number of unbranched alkanes of at least 4 members (excludes halogenated alkanes) is 8. The van der Waals surface area contributed by atoms with Crippen LogP contribution in [-0.4, -0.2) is 382 Å². The summed E-state index contributed by atoms with van der Waals surface area (Å²) in [5.41, 5.74) is 1.43. The van der Waals surface area contributed by atoms with Crippen LogP contribution in [0.15, 0.2) is 24.3 Å². The van der Waals surface area contributed by atoms with Crippen LogP contribution in [0.25, 0.3) is 0 Å². The summed E-state index contributed by atoms with van der Waals surface area (Å²) < 4.78 is 44.2. The first-order chi connectivity index (χ1) is 54.0. The number of aliphatic carboxylic acids is 8. The van der Waals surface area contributed by atoms with Gasteiger partial charge >= 0.3 is 90.7 Å². The van der Waals surface area contributed by atoms with Gasteiger partial charge in [-0.2, -0.15) is 15.0 Å². The Labute approximate surface area is 688 Å². The van der Waals surface area contributed by atoms with Gasteiger partial charge in [0.1, 0.15) is 12.1 Å². The second-order valence-electron chi connectivity index (χ2n) is 26.8. The Morgan fingerprint density at radius 1 is 0.407 bits per heavy atom. The van der Waals surface area contributed by atoms with E-state index in [1.54, 1.807) is 19.6 Å². The summed E-state index contributed by atoms with van der Waals surface area (Å²) in [5, 5.41) is 89.5. The van der Waals surface area contributed by atoms with Crippen LogP contribution in [0.3, 0.4) is 0 Å². The maximum Gasteiger partial charge on any atom is 3.00 e. The minimum absolute atomic E-state index is 0. The minimum Gasteiger partial charge on any atom is -0.481 e. The Hall–Kier alpha value is -7.16. The molecule has 1 aromatic heterocycles. The van der Waals surface area contributed by atoms with E-state index in [1.807, 2.05) is 24.3 Å². The number of benzene rings is 1. The van der Waals surface area contributed by atoms with Gasteiger partial charge in [0.2, 0.25) is 23.8 Å². The molecule has 3 amide bonds. The number of hydrogen-bond donors (Lipinski definition) is 13. The van der Waals surface area contributed by atoms with Crippen LogP contribution >= 0.6 is 0 Å². The Bertz CT molecular complexity index is 3050. The van der Waals surface area contributed by atoms with Crippen molar-refractivity contribution in [3.05, 3.63) is 29.8 Å². The molecule has 0 spiro atoms. The molecule has 4 rings (SSSR count). The fraction of sp³-hybridized carbons (Fsp3) is 0.736. The molecule has 0 saturated carbocycles. The predicted octanol–water partition coefficient (Wildman–Crippen LogP) is 1.10. The van der Waals surface area contributed by atoms with Gasteiger partial charge in [-0.3, -0.25) is 58.1 Å². The normalized spacial score (nSPS) is 15.5. The van der Waals surface area contributed by atoms with Gasteiger partial charge in [0.25, 0.3) is 0 Å². The molecular formula is C72H120LuN14O26+3. The molecule has 1 unspecified atom stereocenters. The van der Waals surface area contributed by atoms with Crippen molar-refractivity contribution in [2.75, 3.05) is 239 Å². The van der Waals surface area contributed by atoms with Crippen LogP contribution in [0.5, 0.6) is 0 Å². The van der Waals surface area contributed by atoms with E-state index in [-0.39, 0.29) is 146 Å². The molecule has 113 heavy (non-hydrogen) atoms. The average Bonchev–Trinajstić information content (AvgIpc) is 0.820. The molecule has 0 radical (unpaired) electrons. The van der Waals surface area contributed by atoms with E-state index in [4.69, 9.17) is 63.1 Å². The molecule has 2 fully saturated rings. The number of ether oxygens (including phenoxy) is 8. The van der Waals surface area contributed by atoms with Gasteiger partial charge < -0.3 is 110 Å². The monoisotopic (exact) mass is 1770 g/mol. The Morgan fingerprint density at radius 3 is 1.34 bits per heavy atom. The van der Waals surface area contributed by atoms with Gasteiger partial charge in [0.05, 0.1) is 138 Å². The van der Waals surface area contributed by atoms with Gasteiger partial charge in [-0.1, -0.05) is 50.7 Å². The molecule has 0 aliphatic carbocycles. The molecule has 2 aromatic rings. The minimum atomic E-state index is -1.50. The SMILES string of the molecule is O=C(O)CCOCCOCCOCCOCCOCCOCCOCCOCCNc1nc(Nc2ccc(CC3CN(CC(=O)O)CCN(CC(=O)O)CCN(CC(=O)O)CCN3CC(=O)O)cc2)nc(N2CCN(CCCCCCCCCCC(=O)NCCCC[C@H](NC(=O)N[C@@H](CCC(=O)O)C(=O)O)C(=O)O)CC2)n1.[Lu+3]. The summed E-state index contributed by atoms with van der Waals surface area (Å²) in [7, 11) is 0. The number of urea groups is 1. The maximum atomic E-state index is 12.5. The number of amides is 3. The summed E-state index contributed by atoms with van der Waals surface area (Å²) in [4.78, 5) is 143. The van der Waals surface area contributed by atoms with Crippen molar-refractivity contribution in [1.29, 1.82) is 0 Å². The van der Waals surface area contributed by atoms with E-state index in [1.165, 1.54) is 0 Å². The van der Waals surface area contributed by atoms with Crippen molar-refractivity contribution in [3.8, 4) is 0 Å². The van der Waals surface area contributed by atoms with Crippen LogP contribution in [0, 0.1) is 36.9 Å². The zero-order valence-electron chi connectivity index (χ0n) is 64.6. The van der Waals surface area contributed by atoms with E-state index in [9.17, 15) is 78.6 Å². The van der Waals surface area contributed by atoms with Crippen molar-refractivity contribution in [2.45, 2.75) is 121 Å². The molecule has 2 aliphatic heterocycles. The molecule has 0 bridgehead atoms. The van der Waals surface area contributed by atoms with Gasteiger partial charge in [-0.25, -0.2) is 14.4 Å². The number of carbonyl (C=O) groups excluding carboxylic acids is 2. The third-order valence-corrected chi connectivity index (χ3v) is 17.8. The molecule has 1 aromatic carbocycles. The number of nitrogens with zero attached hydrogens (tertiary/aromatic N) is 9. The third-order valence-electron chi connectivity index (χ3n) is 17.8. The number of aromatic nitrogens is 3. The first kappa shape index (κ1) is 100. The number of carboxylic acid groups (broad SMARTS) is 8.